The van der Waals surface area contributed by atoms with Gasteiger partial charge in [0, 0.05) is 14.1 Å². The fraction of sp³-hybridized carbons (Fsp3) is 0.721. The lowest BCUT2D eigenvalue weighted by atomic mass is 10.1. The molecule has 0 amide bonds. The highest BCUT2D eigenvalue weighted by atomic mass is 31.1. The summed E-state index contributed by atoms with van der Waals surface area (Å²) in [5.41, 5.74) is 0. The molecule has 2 aromatic rings. The summed E-state index contributed by atoms with van der Waals surface area (Å²) < 4.78 is 0. The summed E-state index contributed by atoms with van der Waals surface area (Å²) in [5.74, 6) is 0. The molecule has 4 heteroatoms. The van der Waals surface area contributed by atoms with Crippen LogP contribution in [0.2, 0.25) is 36.3 Å². The standard InChI is InChI=1S/C43H76NPSi2/c1-7-13-33-46(34-14-8-2,35-15-9-3)42-29-25-40(26-30-42)45(44-39-23-21-19-20-22-24-39)41-27-31-43(32-28-41)47(36-16-10-4,37-17-11-5)38-18-12-6/h25-32,39,44H,7-24,33-38H2,1-6H3. The van der Waals surface area contributed by atoms with Gasteiger partial charge in [0.15, 0.2) is 0 Å². The fourth-order valence-electron chi connectivity index (χ4n) is 8.52. The maximum atomic E-state index is 4.34. The monoisotopic (exact) mass is 694 g/mol. The summed E-state index contributed by atoms with van der Waals surface area (Å²) in [6.45, 7) is 14.4. The number of hydrogen-bond donors (Lipinski definition) is 1. The molecule has 0 radical (unpaired) electrons. The maximum Gasteiger partial charge on any atom is 0.0867 e. The van der Waals surface area contributed by atoms with E-state index in [9.17, 15) is 0 Å². The van der Waals surface area contributed by atoms with Gasteiger partial charge in [-0.25, -0.2) is 0 Å². The van der Waals surface area contributed by atoms with Crippen LogP contribution in [0.25, 0.3) is 0 Å². The van der Waals surface area contributed by atoms with Crippen LogP contribution in [0, 0.1) is 0 Å². The molecule has 1 fully saturated rings. The van der Waals surface area contributed by atoms with Crippen LogP contribution < -0.4 is 26.1 Å². The molecule has 0 aliphatic heterocycles. The van der Waals surface area contributed by atoms with Gasteiger partial charge < -0.3 is 0 Å². The van der Waals surface area contributed by atoms with Gasteiger partial charge >= 0.3 is 0 Å². The lowest BCUT2D eigenvalue weighted by Gasteiger charge is -2.34. The normalized spacial score (nSPS) is 15.0. The van der Waals surface area contributed by atoms with Crippen molar-refractivity contribution in [2.75, 3.05) is 0 Å². The van der Waals surface area contributed by atoms with Gasteiger partial charge in [0.25, 0.3) is 0 Å². The Morgan fingerprint density at radius 2 is 0.766 bits per heavy atom. The van der Waals surface area contributed by atoms with Crippen molar-refractivity contribution in [3.63, 3.8) is 0 Å². The topological polar surface area (TPSA) is 12.0 Å². The van der Waals surface area contributed by atoms with E-state index in [2.05, 4.69) is 95.2 Å². The van der Waals surface area contributed by atoms with E-state index in [4.69, 9.17) is 0 Å². The van der Waals surface area contributed by atoms with Crippen molar-refractivity contribution in [1.82, 2.24) is 5.09 Å². The molecule has 1 nitrogen and oxygen atoms in total. The van der Waals surface area contributed by atoms with Gasteiger partial charge in [0.2, 0.25) is 0 Å². The molecule has 1 aliphatic carbocycles. The Morgan fingerprint density at radius 3 is 1.04 bits per heavy atom. The summed E-state index contributed by atoms with van der Waals surface area (Å²) in [4.78, 5) is 0. The van der Waals surface area contributed by atoms with Crippen LogP contribution in [0.5, 0.6) is 0 Å². The number of benzene rings is 2. The Kier molecular flexibility index (Phi) is 19.8. The molecule has 3 rings (SSSR count). The van der Waals surface area contributed by atoms with Crippen LogP contribution in [0.1, 0.15) is 157 Å². The zero-order valence-electron chi connectivity index (χ0n) is 32.1. The molecular weight excluding hydrogens is 618 g/mol. The molecule has 266 valence electrons. The summed E-state index contributed by atoms with van der Waals surface area (Å²) in [6.07, 6.45) is 24.7. The zero-order chi connectivity index (χ0) is 33.8. The van der Waals surface area contributed by atoms with Crippen molar-refractivity contribution in [3.8, 4) is 0 Å². The molecule has 0 unspecified atom stereocenters. The van der Waals surface area contributed by atoms with Gasteiger partial charge in [-0.05, 0) is 23.5 Å². The summed E-state index contributed by atoms with van der Waals surface area (Å²) >= 11 is 0. The van der Waals surface area contributed by atoms with Crippen LogP contribution in [-0.2, 0) is 0 Å². The smallest absolute Gasteiger partial charge is 0.0867 e. The van der Waals surface area contributed by atoms with Gasteiger partial charge in [-0.15, -0.1) is 0 Å². The van der Waals surface area contributed by atoms with Gasteiger partial charge in [-0.1, -0.05) is 239 Å². The Bertz CT molecular complexity index is 941. The second-order valence-corrected chi connectivity index (χ2v) is 26.7. The molecule has 0 spiro atoms. The van der Waals surface area contributed by atoms with Crippen molar-refractivity contribution in [3.05, 3.63) is 48.5 Å². The van der Waals surface area contributed by atoms with Crippen LogP contribution in [-0.4, -0.2) is 22.2 Å². The molecule has 0 saturated heterocycles. The molecule has 0 aromatic heterocycles. The first-order valence-corrected chi connectivity index (χ1v) is 27.4. The van der Waals surface area contributed by atoms with Gasteiger partial charge in [0.05, 0.1) is 16.1 Å². The fourth-order valence-corrected chi connectivity index (χ4v) is 21.8. The highest BCUT2D eigenvalue weighted by Crippen LogP contribution is 2.35. The SMILES string of the molecule is CCCC[Si](CCCC)(CCCC)c1ccc(P(NC2CCCCCC2)c2ccc([Si](CCCC)(CCCC)CCCC)cc2)cc1. The minimum absolute atomic E-state index is 0.567. The minimum Gasteiger partial charge on any atom is -0.285 e. The Hall–Kier alpha value is -0.736. The molecule has 1 N–H and O–H groups in total. The molecule has 0 bridgehead atoms. The van der Waals surface area contributed by atoms with E-state index in [1.165, 1.54) is 152 Å². The van der Waals surface area contributed by atoms with E-state index in [-0.39, 0.29) is 0 Å². The second kappa shape index (κ2) is 22.9. The molecule has 1 saturated carbocycles. The minimum atomic E-state index is -1.49. The third kappa shape index (κ3) is 12.5. The van der Waals surface area contributed by atoms with E-state index in [0.717, 1.165) is 0 Å². The molecular formula is C43H76NPSi2. The van der Waals surface area contributed by atoms with Gasteiger partial charge in [-0.2, -0.15) is 0 Å². The Morgan fingerprint density at radius 1 is 0.468 bits per heavy atom. The number of unbranched alkanes of at least 4 members (excludes halogenated alkanes) is 6. The zero-order valence-corrected chi connectivity index (χ0v) is 35.0. The number of rotatable bonds is 24. The van der Waals surface area contributed by atoms with E-state index < -0.39 is 24.2 Å². The Labute approximate surface area is 297 Å². The second-order valence-electron chi connectivity index (χ2n) is 15.4. The maximum absolute atomic E-state index is 4.34. The van der Waals surface area contributed by atoms with E-state index in [1.54, 1.807) is 21.0 Å². The lowest BCUT2D eigenvalue weighted by Crippen LogP contribution is -2.48. The van der Waals surface area contributed by atoms with Crippen LogP contribution in [0.4, 0.5) is 0 Å². The van der Waals surface area contributed by atoms with Crippen LogP contribution >= 0.6 is 8.07 Å². The average molecular weight is 694 g/mol. The van der Waals surface area contributed by atoms with Crippen molar-refractivity contribution in [2.24, 2.45) is 0 Å². The number of nitrogens with one attached hydrogen (secondary N) is 1. The first-order chi connectivity index (χ1) is 23.0. The molecule has 0 heterocycles. The highest BCUT2D eigenvalue weighted by Gasteiger charge is 2.35. The van der Waals surface area contributed by atoms with Crippen molar-refractivity contribution < 1.29 is 0 Å². The van der Waals surface area contributed by atoms with Crippen molar-refractivity contribution in [1.29, 1.82) is 0 Å². The van der Waals surface area contributed by atoms with E-state index in [0.29, 0.717) is 6.04 Å². The Balaban J connectivity index is 2.01. The number of hydrogen-bond acceptors (Lipinski definition) is 1. The van der Waals surface area contributed by atoms with Crippen LogP contribution in [0.15, 0.2) is 48.5 Å². The first-order valence-electron chi connectivity index (χ1n) is 20.8. The predicted molar refractivity (Wildman–Crippen MR) is 223 cm³/mol. The van der Waals surface area contributed by atoms with Gasteiger partial charge in [-0.3, -0.25) is 5.09 Å². The molecule has 47 heavy (non-hydrogen) atoms. The van der Waals surface area contributed by atoms with Crippen LogP contribution in [0.3, 0.4) is 0 Å². The summed E-state index contributed by atoms with van der Waals surface area (Å²) in [7, 11) is -3.55. The van der Waals surface area contributed by atoms with Gasteiger partial charge in [0.1, 0.15) is 0 Å². The van der Waals surface area contributed by atoms with Crippen molar-refractivity contribution >= 4 is 45.2 Å². The predicted octanol–water partition coefficient (Wildman–Crippen LogP) is 12.5. The van der Waals surface area contributed by atoms with E-state index in [1.807, 2.05) is 0 Å². The van der Waals surface area contributed by atoms with Crippen molar-refractivity contribution in [2.45, 2.75) is 199 Å². The molecule has 0 atom stereocenters. The highest BCUT2D eigenvalue weighted by molar-refractivity contribution is 7.71. The largest absolute Gasteiger partial charge is 0.285 e. The summed E-state index contributed by atoms with van der Waals surface area (Å²) in [5, 5.41) is 11.0. The lowest BCUT2D eigenvalue weighted by molar-refractivity contribution is 0.548. The molecule has 2 aromatic carbocycles. The van der Waals surface area contributed by atoms with E-state index >= 15 is 0 Å². The third-order valence-electron chi connectivity index (χ3n) is 11.7. The average Bonchev–Trinajstić information content (AvgIpc) is 3.39. The first kappa shape index (κ1) is 40.7. The third-order valence-corrected chi connectivity index (χ3v) is 24.9. The molecule has 1 aliphatic rings. The summed E-state index contributed by atoms with van der Waals surface area (Å²) in [6, 6.07) is 30.5. The quantitative estimate of drug-likeness (QED) is 0.0655.